The van der Waals surface area contributed by atoms with Crippen molar-refractivity contribution in [1.82, 2.24) is 5.32 Å². The lowest BCUT2D eigenvalue weighted by Crippen LogP contribution is -2.46. The number of benzene rings is 2. The van der Waals surface area contributed by atoms with Crippen molar-refractivity contribution in [3.63, 3.8) is 0 Å². The van der Waals surface area contributed by atoms with Crippen LogP contribution in [0.1, 0.15) is 19.4 Å². The number of non-ortho nitro benzene ring substituents is 1. The van der Waals surface area contributed by atoms with E-state index in [4.69, 9.17) is 9.47 Å². The van der Waals surface area contributed by atoms with Gasteiger partial charge in [-0.2, -0.15) is 0 Å². The first-order valence-corrected chi connectivity index (χ1v) is 8.72. The third-order valence-electron chi connectivity index (χ3n) is 4.11. The zero-order valence-corrected chi connectivity index (χ0v) is 17.1. The first-order chi connectivity index (χ1) is 12.8. The molecule has 1 unspecified atom stereocenters. The fraction of sp³-hybridized carbons (Fsp3) is 0.400. The van der Waals surface area contributed by atoms with E-state index in [0.29, 0.717) is 12.3 Å². The van der Waals surface area contributed by atoms with E-state index in [9.17, 15) is 15.2 Å². The van der Waals surface area contributed by atoms with Crippen molar-refractivity contribution in [2.75, 3.05) is 20.3 Å². The highest BCUT2D eigenvalue weighted by molar-refractivity contribution is 5.85. The number of nitro benzene ring substituents is 1. The number of nitrogens with one attached hydrogen (secondary N) is 1. The van der Waals surface area contributed by atoms with Crippen LogP contribution in [0.4, 0.5) is 5.69 Å². The lowest BCUT2D eigenvalue weighted by Gasteiger charge is -2.28. The summed E-state index contributed by atoms with van der Waals surface area (Å²) in [5.74, 6) is 1.31. The molecule has 0 saturated carbocycles. The van der Waals surface area contributed by atoms with Crippen LogP contribution in [0, 0.1) is 10.1 Å². The smallest absolute Gasteiger partial charge is 0.269 e. The summed E-state index contributed by atoms with van der Waals surface area (Å²) in [7, 11) is 1.64. The summed E-state index contributed by atoms with van der Waals surface area (Å²) in [6.07, 6.45) is 0.0998. The molecular weight excluding hydrogens is 384 g/mol. The maximum absolute atomic E-state index is 10.6. The number of hydrogen-bond acceptors (Lipinski definition) is 6. The van der Waals surface area contributed by atoms with E-state index in [1.165, 1.54) is 29.8 Å². The van der Waals surface area contributed by atoms with Gasteiger partial charge >= 0.3 is 0 Å². The second-order valence-corrected chi connectivity index (χ2v) is 7.01. The Bertz CT molecular complexity index is 735. The fourth-order valence-electron chi connectivity index (χ4n) is 2.63. The van der Waals surface area contributed by atoms with Crippen molar-refractivity contribution < 1.29 is 19.5 Å². The molecule has 0 saturated heterocycles. The van der Waals surface area contributed by atoms with Crippen LogP contribution < -0.4 is 14.8 Å². The molecule has 0 aliphatic heterocycles. The number of ether oxygens (including phenoxy) is 2. The highest BCUT2D eigenvalue weighted by Crippen LogP contribution is 2.18. The molecule has 0 radical (unpaired) electrons. The quantitative estimate of drug-likeness (QED) is 0.460. The molecule has 0 heterocycles. The number of hydrogen-bond donors (Lipinski definition) is 2. The van der Waals surface area contributed by atoms with Crippen molar-refractivity contribution in [3.8, 4) is 11.5 Å². The Labute approximate surface area is 171 Å². The molecule has 2 aromatic carbocycles. The van der Waals surface area contributed by atoms with Crippen molar-refractivity contribution in [3.05, 3.63) is 64.2 Å². The Hall–Kier alpha value is -2.35. The molecule has 0 spiro atoms. The zero-order chi connectivity index (χ0) is 19.9. The van der Waals surface area contributed by atoms with Crippen molar-refractivity contribution in [2.45, 2.75) is 31.9 Å². The van der Waals surface area contributed by atoms with E-state index in [1.54, 1.807) is 7.11 Å². The normalized spacial score (nSPS) is 12.0. The maximum atomic E-state index is 10.6. The first kappa shape index (κ1) is 23.7. The molecule has 28 heavy (non-hydrogen) atoms. The Balaban J connectivity index is 0.00000392. The highest BCUT2D eigenvalue weighted by atomic mass is 35.5. The van der Waals surface area contributed by atoms with Gasteiger partial charge in [0.1, 0.15) is 24.2 Å². The molecule has 2 rings (SSSR count). The first-order valence-electron chi connectivity index (χ1n) is 8.72. The number of halogens is 1. The van der Waals surface area contributed by atoms with Crippen LogP contribution in [-0.4, -0.2) is 41.9 Å². The second-order valence-electron chi connectivity index (χ2n) is 7.01. The lowest BCUT2D eigenvalue weighted by molar-refractivity contribution is -0.384. The SMILES string of the molecule is COc1ccc(CC(C)(C)NCC(O)COc2ccc([N+](=O)[O-])cc2)cc1.Cl. The van der Waals surface area contributed by atoms with Crippen molar-refractivity contribution in [2.24, 2.45) is 0 Å². The molecule has 0 amide bonds. The molecule has 7 nitrogen and oxygen atoms in total. The summed E-state index contributed by atoms with van der Waals surface area (Å²) < 4.78 is 10.6. The average molecular weight is 411 g/mol. The van der Waals surface area contributed by atoms with Gasteiger partial charge in [-0.1, -0.05) is 12.1 Å². The summed E-state index contributed by atoms with van der Waals surface area (Å²) in [5, 5.41) is 24.1. The van der Waals surface area contributed by atoms with Gasteiger partial charge in [0.2, 0.25) is 0 Å². The van der Waals surface area contributed by atoms with Crippen LogP contribution in [0.3, 0.4) is 0 Å². The third kappa shape index (κ3) is 7.72. The van der Waals surface area contributed by atoms with E-state index in [2.05, 4.69) is 19.2 Å². The third-order valence-corrected chi connectivity index (χ3v) is 4.11. The molecule has 2 N–H and O–H groups in total. The summed E-state index contributed by atoms with van der Waals surface area (Å²) >= 11 is 0. The maximum Gasteiger partial charge on any atom is 0.269 e. The van der Waals surface area contributed by atoms with Crippen LogP contribution in [0.15, 0.2) is 48.5 Å². The van der Waals surface area contributed by atoms with Crippen LogP contribution in [0.25, 0.3) is 0 Å². The molecule has 1 atom stereocenters. The van der Waals surface area contributed by atoms with Gasteiger partial charge in [0.15, 0.2) is 0 Å². The molecule has 0 aliphatic carbocycles. The number of aliphatic hydroxyl groups excluding tert-OH is 1. The minimum Gasteiger partial charge on any atom is -0.497 e. The van der Waals surface area contributed by atoms with E-state index >= 15 is 0 Å². The van der Waals surface area contributed by atoms with E-state index in [-0.39, 0.29) is 30.2 Å². The van der Waals surface area contributed by atoms with E-state index in [1.807, 2.05) is 24.3 Å². The molecule has 0 aromatic heterocycles. The Kier molecular flexibility index (Phi) is 9.18. The van der Waals surface area contributed by atoms with Gasteiger partial charge in [0, 0.05) is 24.2 Å². The predicted molar refractivity (Wildman–Crippen MR) is 111 cm³/mol. The number of β-amino-alcohol motifs (C(OH)–C–C–N with tert-alkyl or cyclic N) is 1. The van der Waals surface area contributed by atoms with Crippen molar-refractivity contribution in [1.29, 1.82) is 0 Å². The monoisotopic (exact) mass is 410 g/mol. The fourth-order valence-corrected chi connectivity index (χ4v) is 2.63. The molecule has 154 valence electrons. The summed E-state index contributed by atoms with van der Waals surface area (Å²) in [4.78, 5) is 10.2. The molecular formula is C20H27ClN2O5. The van der Waals surface area contributed by atoms with Crippen molar-refractivity contribution >= 4 is 18.1 Å². The predicted octanol–water partition coefficient (Wildman–Crippen LogP) is 3.38. The van der Waals surface area contributed by atoms with Crippen LogP contribution in [0.2, 0.25) is 0 Å². The minimum atomic E-state index is -0.699. The van der Waals surface area contributed by atoms with Gasteiger partial charge in [-0.05, 0) is 50.1 Å². The van der Waals surface area contributed by atoms with Gasteiger partial charge in [-0.15, -0.1) is 12.4 Å². The Morgan fingerprint density at radius 1 is 1.11 bits per heavy atom. The van der Waals surface area contributed by atoms with Crippen LogP contribution >= 0.6 is 12.4 Å². The summed E-state index contributed by atoms with van der Waals surface area (Å²) in [6.45, 7) is 4.61. The van der Waals surface area contributed by atoms with Crippen LogP contribution in [-0.2, 0) is 6.42 Å². The number of methoxy groups -OCH3 is 1. The van der Waals surface area contributed by atoms with E-state index in [0.717, 1.165) is 12.2 Å². The van der Waals surface area contributed by atoms with Gasteiger partial charge in [0.05, 0.1) is 12.0 Å². The zero-order valence-electron chi connectivity index (χ0n) is 16.3. The number of rotatable bonds is 10. The second kappa shape index (κ2) is 10.8. The highest BCUT2D eigenvalue weighted by Gasteiger charge is 2.19. The molecule has 0 fully saturated rings. The molecule has 0 bridgehead atoms. The average Bonchev–Trinajstić information content (AvgIpc) is 2.65. The number of aliphatic hydroxyl groups is 1. The topological polar surface area (TPSA) is 93.9 Å². The Morgan fingerprint density at radius 3 is 2.21 bits per heavy atom. The Morgan fingerprint density at radius 2 is 1.68 bits per heavy atom. The molecule has 0 aliphatic rings. The molecule has 8 heteroatoms. The largest absolute Gasteiger partial charge is 0.497 e. The van der Waals surface area contributed by atoms with Gasteiger partial charge < -0.3 is 19.9 Å². The number of nitrogens with zero attached hydrogens (tertiary/aromatic N) is 1. The van der Waals surface area contributed by atoms with Gasteiger partial charge in [-0.25, -0.2) is 0 Å². The molecule has 2 aromatic rings. The van der Waals surface area contributed by atoms with E-state index < -0.39 is 11.0 Å². The standard InChI is InChI=1S/C20H26N2O5.ClH/c1-20(2,12-15-4-8-18(26-3)9-5-15)21-13-17(23)14-27-19-10-6-16(7-11-19)22(24)25;/h4-11,17,21,23H,12-14H2,1-3H3;1H. The minimum absolute atomic E-state index is 0. The van der Waals surface area contributed by atoms with Gasteiger partial charge in [0.25, 0.3) is 5.69 Å². The van der Waals surface area contributed by atoms with Gasteiger partial charge in [-0.3, -0.25) is 10.1 Å². The summed E-state index contributed by atoms with van der Waals surface area (Å²) in [5.41, 5.74) is 0.970. The number of nitro groups is 1. The van der Waals surface area contributed by atoms with Crippen LogP contribution in [0.5, 0.6) is 11.5 Å². The lowest BCUT2D eigenvalue weighted by atomic mass is 9.94. The summed E-state index contributed by atoms with van der Waals surface area (Å²) in [6, 6.07) is 13.7.